The molecule has 2 heteroatoms. The second kappa shape index (κ2) is 11.0. The van der Waals surface area contributed by atoms with Crippen LogP contribution in [0.15, 0.2) is 152 Å². The van der Waals surface area contributed by atoms with Gasteiger partial charge in [0, 0.05) is 5.56 Å². The van der Waals surface area contributed by atoms with Crippen LogP contribution >= 0.6 is 0 Å². The Morgan fingerprint density at radius 3 is 1.50 bits per heavy atom. The lowest BCUT2D eigenvalue weighted by atomic mass is 9.89. The number of rotatable bonds is 6. The summed E-state index contributed by atoms with van der Waals surface area (Å²) in [7, 11) is 0. The molecule has 8 rings (SSSR count). The molecule has 0 saturated carbocycles. The van der Waals surface area contributed by atoms with Gasteiger partial charge in [0.05, 0.1) is 6.61 Å². The molecule has 0 aliphatic rings. The van der Waals surface area contributed by atoms with Gasteiger partial charge in [-0.1, -0.05) is 133 Å². The second-order valence-electron chi connectivity index (χ2n) is 11.2. The van der Waals surface area contributed by atoms with E-state index in [-0.39, 0.29) is 13.2 Å². The van der Waals surface area contributed by atoms with Gasteiger partial charge in [0.1, 0.15) is 12.4 Å². The average Bonchev–Trinajstić information content (AvgIpc) is 3.09. The third-order valence-electron chi connectivity index (χ3n) is 8.68. The Morgan fingerprint density at radius 1 is 0.409 bits per heavy atom. The molecule has 0 radical (unpaired) electrons. The van der Waals surface area contributed by atoms with Crippen molar-refractivity contribution in [2.45, 2.75) is 0 Å². The minimum Gasteiger partial charge on any atom is -0.491 e. The largest absolute Gasteiger partial charge is 0.491 e. The summed E-state index contributed by atoms with van der Waals surface area (Å²) in [5.41, 5.74) is 6.90. The quantitative estimate of drug-likeness (QED) is 0.217. The van der Waals surface area contributed by atoms with Crippen LogP contribution in [0.2, 0.25) is 0 Å². The second-order valence-corrected chi connectivity index (χ2v) is 11.2. The Bertz CT molecular complexity index is 2320. The van der Waals surface area contributed by atoms with Gasteiger partial charge in [0.15, 0.2) is 0 Å². The summed E-state index contributed by atoms with van der Waals surface area (Å²) in [6.45, 7) is 0.182. The van der Waals surface area contributed by atoms with Crippen LogP contribution in [0.5, 0.6) is 5.75 Å². The van der Waals surface area contributed by atoms with Crippen LogP contribution in [-0.2, 0) is 0 Å². The molecule has 210 valence electrons. The summed E-state index contributed by atoms with van der Waals surface area (Å²) in [6.07, 6.45) is 0. The smallest absolute Gasteiger partial charge is 0.127 e. The molecule has 2 nitrogen and oxygen atoms in total. The maximum atomic E-state index is 9.69. The highest BCUT2D eigenvalue weighted by molar-refractivity contribution is 6.11. The minimum atomic E-state index is -0.0473. The van der Waals surface area contributed by atoms with Crippen molar-refractivity contribution in [3.63, 3.8) is 0 Å². The zero-order chi connectivity index (χ0) is 29.5. The van der Waals surface area contributed by atoms with Gasteiger partial charge >= 0.3 is 0 Å². The highest BCUT2D eigenvalue weighted by Crippen LogP contribution is 2.43. The predicted octanol–water partition coefficient (Wildman–Crippen LogP) is 10.7. The first-order valence-corrected chi connectivity index (χ1v) is 15.1. The van der Waals surface area contributed by atoms with E-state index in [0.29, 0.717) is 0 Å². The summed E-state index contributed by atoms with van der Waals surface area (Å²) in [6, 6.07) is 54.2. The van der Waals surface area contributed by atoms with Crippen molar-refractivity contribution in [2.24, 2.45) is 0 Å². The molecule has 0 amide bonds. The maximum Gasteiger partial charge on any atom is 0.127 e. The van der Waals surface area contributed by atoms with Crippen LogP contribution in [0.3, 0.4) is 0 Å². The third kappa shape index (κ3) is 4.48. The molecule has 0 unspecified atom stereocenters. The highest BCUT2D eigenvalue weighted by atomic mass is 16.5. The van der Waals surface area contributed by atoms with Crippen LogP contribution in [0.1, 0.15) is 0 Å². The Kier molecular flexibility index (Phi) is 6.55. The molecule has 1 N–H and O–H groups in total. The molecule has 0 bridgehead atoms. The number of fused-ring (bicyclic) bond motifs is 4. The molecule has 0 atom stereocenters. The number of aliphatic hydroxyl groups excluding tert-OH is 1. The van der Waals surface area contributed by atoms with E-state index in [9.17, 15) is 5.11 Å². The first-order chi connectivity index (χ1) is 21.8. The van der Waals surface area contributed by atoms with Gasteiger partial charge < -0.3 is 9.84 Å². The van der Waals surface area contributed by atoms with E-state index in [1.54, 1.807) is 0 Å². The lowest BCUT2D eigenvalue weighted by Crippen LogP contribution is -2.03. The molecule has 0 spiro atoms. The molecule has 0 fully saturated rings. The van der Waals surface area contributed by atoms with Crippen LogP contribution in [-0.4, -0.2) is 18.3 Å². The number of benzene rings is 8. The van der Waals surface area contributed by atoms with E-state index in [4.69, 9.17) is 4.74 Å². The van der Waals surface area contributed by atoms with Gasteiger partial charge in [-0.2, -0.15) is 0 Å². The van der Waals surface area contributed by atoms with E-state index in [2.05, 4.69) is 146 Å². The molecule has 0 aliphatic heterocycles. The molecule has 0 aromatic heterocycles. The molecule has 8 aromatic carbocycles. The fourth-order valence-electron chi connectivity index (χ4n) is 6.63. The summed E-state index contributed by atoms with van der Waals surface area (Å²) in [5.74, 6) is 0.768. The van der Waals surface area contributed by atoms with Crippen molar-refractivity contribution in [1.29, 1.82) is 0 Å². The molecular weight excluding hydrogens is 536 g/mol. The lowest BCUT2D eigenvalue weighted by molar-refractivity contribution is 0.202. The zero-order valence-electron chi connectivity index (χ0n) is 24.2. The standard InChI is InChI=1S/C42H30O2/c43-24-25-44-41-23-22-31-19-21-33(37-16-6-11-29-9-2-4-14-35(29)37)27-40(31)42(41)38-17-7-12-30-18-20-32(26-39(30)38)36-15-5-10-28-8-1-3-13-34(28)36/h1-23,26-27,43H,24-25H2. The van der Waals surface area contributed by atoms with Crippen molar-refractivity contribution in [3.05, 3.63) is 152 Å². The van der Waals surface area contributed by atoms with E-state index in [0.717, 1.165) is 38.6 Å². The Hall–Kier alpha value is -5.44. The van der Waals surface area contributed by atoms with Crippen LogP contribution in [0, 0.1) is 0 Å². The minimum absolute atomic E-state index is 0.0473. The normalized spacial score (nSPS) is 11.5. The summed E-state index contributed by atoms with van der Waals surface area (Å²) < 4.78 is 6.24. The number of ether oxygens (including phenoxy) is 1. The maximum absolute atomic E-state index is 9.69. The fourth-order valence-corrected chi connectivity index (χ4v) is 6.63. The molecule has 44 heavy (non-hydrogen) atoms. The predicted molar refractivity (Wildman–Crippen MR) is 185 cm³/mol. The lowest BCUT2D eigenvalue weighted by Gasteiger charge is -2.18. The zero-order valence-corrected chi connectivity index (χ0v) is 24.2. The van der Waals surface area contributed by atoms with Crippen molar-refractivity contribution in [1.82, 2.24) is 0 Å². The van der Waals surface area contributed by atoms with Crippen molar-refractivity contribution in [3.8, 4) is 39.1 Å². The van der Waals surface area contributed by atoms with Crippen molar-refractivity contribution < 1.29 is 9.84 Å². The van der Waals surface area contributed by atoms with E-state index in [1.807, 2.05) is 6.07 Å². The SMILES string of the molecule is OCCOc1ccc2ccc(-c3cccc4ccccc34)cc2c1-c1cccc2ccc(-c3cccc4ccccc34)cc12. The van der Waals surface area contributed by atoms with Gasteiger partial charge in [0.25, 0.3) is 0 Å². The number of hydrogen-bond donors (Lipinski definition) is 1. The Balaban J connectivity index is 1.39. The van der Waals surface area contributed by atoms with E-state index >= 15 is 0 Å². The highest BCUT2D eigenvalue weighted by Gasteiger charge is 2.17. The number of hydrogen-bond acceptors (Lipinski definition) is 2. The average molecular weight is 567 g/mol. The van der Waals surface area contributed by atoms with Gasteiger partial charge in [-0.15, -0.1) is 0 Å². The fraction of sp³-hybridized carbons (Fsp3) is 0.0476. The van der Waals surface area contributed by atoms with Crippen molar-refractivity contribution in [2.75, 3.05) is 13.2 Å². The molecule has 8 aromatic rings. The van der Waals surface area contributed by atoms with Gasteiger partial charge in [-0.25, -0.2) is 0 Å². The Morgan fingerprint density at radius 2 is 0.886 bits per heavy atom. The van der Waals surface area contributed by atoms with E-state index in [1.165, 1.54) is 43.6 Å². The first-order valence-electron chi connectivity index (χ1n) is 15.1. The van der Waals surface area contributed by atoms with Gasteiger partial charge in [-0.05, 0) is 89.1 Å². The molecular formula is C42H30O2. The molecule has 0 saturated heterocycles. The topological polar surface area (TPSA) is 29.5 Å². The third-order valence-corrected chi connectivity index (χ3v) is 8.68. The van der Waals surface area contributed by atoms with Gasteiger partial charge in [-0.3, -0.25) is 0 Å². The van der Waals surface area contributed by atoms with E-state index < -0.39 is 0 Å². The van der Waals surface area contributed by atoms with Crippen LogP contribution in [0.4, 0.5) is 0 Å². The van der Waals surface area contributed by atoms with Crippen molar-refractivity contribution >= 4 is 43.1 Å². The summed E-state index contributed by atoms with van der Waals surface area (Å²) >= 11 is 0. The van der Waals surface area contributed by atoms with Gasteiger partial charge in [0.2, 0.25) is 0 Å². The molecule has 0 heterocycles. The monoisotopic (exact) mass is 566 g/mol. The van der Waals surface area contributed by atoms with Crippen LogP contribution in [0.25, 0.3) is 76.5 Å². The Labute approximate surface area is 256 Å². The summed E-state index contributed by atoms with van der Waals surface area (Å²) in [5, 5.41) is 19.2. The first kappa shape index (κ1) is 26.2. The number of aliphatic hydroxyl groups is 1. The molecule has 0 aliphatic carbocycles. The van der Waals surface area contributed by atoms with Crippen LogP contribution < -0.4 is 4.74 Å². The summed E-state index contributed by atoms with van der Waals surface area (Å²) in [4.78, 5) is 0.